The first kappa shape index (κ1) is 52.2. The summed E-state index contributed by atoms with van der Waals surface area (Å²) in [5.41, 5.74) is 10.6. The molecule has 12 rings (SSSR count). The van der Waals surface area contributed by atoms with Gasteiger partial charge in [-0.2, -0.15) is 0 Å². The highest BCUT2D eigenvalue weighted by Crippen LogP contribution is 2.52. The Morgan fingerprint density at radius 3 is 2.60 bits per heavy atom. The smallest absolute Gasteiger partial charge is 0.161 e. The molecule has 1 aromatic heterocycles. The van der Waals surface area contributed by atoms with Crippen molar-refractivity contribution in [3.05, 3.63) is 171 Å². The van der Waals surface area contributed by atoms with E-state index < -0.39 is 6.10 Å². The van der Waals surface area contributed by atoms with Gasteiger partial charge in [-0.3, -0.25) is 5.32 Å². The molecule has 6 N–H and O–H groups in total. The number of ether oxygens (including phenoxy) is 4. The Hall–Kier alpha value is -6.52. The first-order chi connectivity index (χ1) is 38.2. The Balaban J connectivity index is 0.955. The number of hydrogen-bond donors (Lipinski definition) is 6. The SMILES string of the molecule is Oc1cccc(Cc2cc(CC[C@H]3C#CC4=CC(NCOC5CCCCC5)NC5=C4CO[C@@H](CCC3)C[C@H](O)CCc3ccc(O)c(c3)OCc3cc([C@@]46CCOC[C@H]4CCc4ccccc46)cc4cn5cc34)ccc2O)c1. The lowest BCUT2D eigenvalue weighted by atomic mass is 9.57. The van der Waals surface area contributed by atoms with Gasteiger partial charge in [-0.1, -0.05) is 91.8 Å². The van der Waals surface area contributed by atoms with Crippen LogP contribution in [-0.4, -0.2) is 76.0 Å². The normalized spacial score (nSPS) is 24.8. The number of dihydropyridines is 1. The predicted octanol–water partition coefficient (Wildman–Crippen LogP) is 11.6. The number of nitrogens with zero attached hydrogens (tertiary/aromatic N) is 1. The molecular formula is C67H75N3O8. The highest BCUT2D eigenvalue weighted by atomic mass is 16.5. The third kappa shape index (κ3) is 11.5. The molecule has 406 valence electrons. The van der Waals surface area contributed by atoms with E-state index in [4.69, 9.17) is 18.9 Å². The van der Waals surface area contributed by atoms with Crippen LogP contribution in [-0.2, 0) is 51.9 Å². The predicted molar refractivity (Wildman–Crippen MR) is 304 cm³/mol. The van der Waals surface area contributed by atoms with Gasteiger partial charge >= 0.3 is 0 Å². The van der Waals surface area contributed by atoms with Gasteiger partial charge in [-0.25, -0.2) is 0 Å². The minimum Gasteiger partial charge on any atom is -0.508 e. The molecule has 4 aliphatic heterocycles. The fraction of sp³-hybridized carbons (Fsp3) is 0.433. The van der Waals surface area contributed by atoms with Crippen molar-refractivity contribution in [1.82, 2.24) is 15.2 Å². The number of phenols is 3. The second kappa shape index (κ2) is 23.4. The van der Waals surface area contributed by atoms with Crippen LogP contribution >= 0.6 is 0 Å². The minimum absolute atomic E-state index is 0.0669. The van der Waals surface area contributed by atoms with E-state index in [-0.39, 0.29) is 53.6 Å². The van der Waals surface area contributed by atoms with Crippen LogP contribution in [0.3, 0.4) is 0 Å². The van der Waals surface area contributed by atoms with E-state index in [1.165, 1.54) is 36.0 Å². The van der Waals surface area contributed by atoms with Gasteiger partial charge in [-0.15, -0.1) is 0 Å². The molecular weight excluding hydrogens is 975 g/mol. The maximum absolute atomic E-state index is 11.8. The highest BCUT2D eigenvalue weighted by molar-refractivity contribution is 5.88. The lowest BCUT2D eigenvalue weighted by molar-refractivity contribution is 0.00498. The van der Waals surface area contributed by atoms with Crippen molar-refractivity contribution in [3.63, 3.8) is 0 Å². The van der Waals surface area contributed by atoms with Gasteiger partial charge in [0.25, 0.3) is 0 Å². The summed E-state index contributed by atoms with van der Waals surface area (Å²) in [4.78, 5) is 0. The maximum Gasteiger partial charge on any atom is 0.161 e. The van der Waals surface area contributed by atoms with Gasteiger partial charge in [0, 0.05) is 58.7 Å². The van der Waals surface area contributed by atoms with Crippen LogP contribution in [0.15, 0.2) is 127 Å². The fourth-order valence-electron chi connectivity index (χ4n) is 13.6. The molecule has 6 bridgehead atoms. The van der Waals surface area contributed by atoms with Gasteiger partial charge in [0.2, 0.25) is 0 Å². The van der Waals surface area contributed by atoms with Crippen molar-refractivity contribution < 1.29 is 39.4 Å². The number of rotatable bonds is 10. The van der Waals surface area contributed by atoms with Crippen molar-refractivity contribution in [2.45, 2.75) is 146 Å². The summed E-state index contributed by atoms with van der Waals surface area (Å²) in [6.45, 7) is 2.32. The maximum atomic E-state index is 11.8. The van der Waals surface area contributed by atoms with Gasteiger partial charge < -0.3 is 49.3 Å². The molecule has 1 saturated carbocycles. The molecule has 6 aromatic rings. The molecule has 0 radical (unpaired) electrons. The topological polar surface area (TPSA) is 147 Å². The third-order valence-corrected chi connectivity index (χ3v) is 17.8. The van der Waals surface area contributed by atoms with Gasteiger partial charge in [-0.05, 0) is 176 Å². The van der Waals surface area contributed by atoms with E-state index in [2.05, 4.69) is 88.0 Å². The highest BCUT2D eigenvalue weighted by Gasteiger charge is 2.47. The molecule has 11 heteroatoms. The molecule has 6 atom stereocenters. The molecule has 6 aliphatic rings. The molecule has 1 unspecified atom stereocenters. The number of nitrogens with one attached hydrogen (secondary N) is 2. The van der Waals surface area contributed by atoms with Crippen molar-refractivity contribution in [2.75, 3.05) is 26.6 Å². The Morgan fingerprint density at radius 2 is 1.69 bits per heavy atom. The number of aliphatic hydroxyl groups excluding tert-OH is 1. The average molecular weight is 1050 g/mol. The quantitative estimate of drug-likeness (QED) is 0.0579. The number of fused-ring (bicyclic) bond motifs is 9. The zero-order chi connectivity index (χ0) is 53.0. The zero-order valence-corrected chi connectivity index (χ0v) is 44.9. The van der Waals surface area contributed by atoms with Crippen molar-refractivity contribution in [1.29, 1.82) is 0 Å². The van der Waals surface area contributed by atoms with E-state index in [1.807, 2.05) is 30.3 Å². The summed E-state index contributed by atoms with van der Waals surface area (Å²) in [5.74, 6) is 9.79. The number of aryl methyl sites for hydroxylation is 3. The second-order valence-electron chi connectivity index (χ2n) is 23.0. The standard InChI is InChI=1S/C67H75N3O8/c71-55-11-6-9-47(32-55)31-50-30-45(20-26-62(50)73)17-16-44-8-7-14-58-37-56(72)25-19-46-21-27-63(74)64(33-46)77-40-52-35-54(67-28-29-75-41-53(67)24-23-48-10-4-5-15-61(48)67)34-51-38-70(39-59(51)52)66-60(42-76-58)49(22-18-44)36-65(69-66)68-43-78-57-12-2-1-3-13-57/h4-6,9-11,15,20-21,26-27,30,32-36,38-39,44,53,56-58,65,68-69,71-74H,1-3,7-8,12-14,16-17,19,23-25,28-29,31,37,40-43H2/t44-,53+,56+,58-,65?,67+/m0/s1. The Labute approximate surface area is 459 Å². The number of phenolic OH excluding ortho intramolecular Hbond substituents is 3. The monoisotopic (exact) mass is 1050 g/mol. The van der Waals surface area contributed by atoms with Gasteiger partial charge in [0.1, 0.15) is 30.1 Å². The fourth-order valence-corrected chi connectivity index (χ4v) is 13.6. The summed E-state index contributed by atoms with van der Waals surface area (Å²) in [5, 5.41) is 53.9. The lowest BCUT2D eigenvalue weighted by Gasteiger charge is -2.49. The van der Waals surface area contributed by atoms with Crippen molar-refractivity contribution in [2.24, 2.45) is 11.8 Å². The van der Waals surface area contributed by atoms with Gasteiger partial charge in [0.05, 0.1) is 38.3 Å². The van der Waals surface area contributed by atoms with E-state index in [0.29, 0.717) is 63.9 Å². The molecule has 2 aliphatic carbocycles. The van der Waals surface area contributed by atoms with Crippen LogP contribution in [0.2, 0.25) is 0 Å². The largest absolute Gasteiger partial charge is 0.508 e. The first-order valence-electron chi connectivity index (χ1n) is 28.9. The van der Waals surface area contributed by atoms with Crippen LogP contribution in [0.5, 0.6) is 23.0 Å². The van der Waals surface area contributed by atoms with Crippen LogP contribution in [0, 0.1) is 23.7 Å². The Morgan fingerprint density at radius 1 is 0.795 bits per heavy atom. The van der Waals surface area contributed by atoms with E-state index >= 15 is 0 Å². The lowest BCUT2D eigenvalue weighted by Crippen LogP contribution is -2.47. The summed E-state index contributed by atoms with van der Waals surface area (Å²) in [6, 6.07) is 32.4. The second-order valence-corrected chi connectivity index (χ2v) is 23.0. The Kier molecular flexibility index (Phi) is 15.7. The molecule has 0 amide bonds. The molecule has 5 aromatic carbocycles. The van der Waals surface area contributed by atoms with E-state index in [9.17, 15) is 20.4 Å². The summed E-state index contributed by atoms with van der Waals surface area (Å²) < 4.78 is 28.7. The van der Waals surface area contributed by atoms with Crippen LogP contribution in [0.25, 0.3) is 16.6 Å². The van der Waals surface area contributed by atoms with Crippen molar-refractivity contribution in [3.8, 4) is 34.8 Å². The molecule has 2 fully saturated rings. The van der Waals surface area contributed by atoms with Gasteiger partial charge in [0.15, 0.2) is 11.5 Å². The number of aromatic nitrogens is 1. The van der Waals surface area contributed by atoms with Crippen molar-refractivity contribution >= 4 is 16.6 Å². The molecule has 1 saturated heterocycles. The molecule has 5 heterocycles. The van der Waals surface area contributed by atoms with E-state index in [1.54, 1.807) is 24.3 Å². The van der Waals surface area contributed by atoms with Crippen LogP contribution in [0.4, 0.5) is 0 Å². The summed E-state index contributed by atoms with van der Waals surface area (Å²) in [6.07, 6.45) is 20.8. The summed E-state index contributed by atoms with van der Waals surface area (Å²) in [7, 11) is 0. The number of benzene rings is 5. The molecule has 78 heavy (non-hydrogen) atoms. The van der Waals surface area contributed by atoms with Crippen LogP contribution < -0.4 is 15.4 Å². The van der Waals surface area contributed by atoms with Crippen LogP contribution in [0.1, 0.15) is 128 Å². The first-order valence-corrected chi connectivity index (χ1v) is 28.9. The summed E-state index contributed by atoms with van der Waals surface area (Å²) >= 11 is 0. The third-order valence-electron chi connectivity index (χ3n) is 17.8. The number of hydrogen-bond acceptors (Lipinski definition) is 10. The minimum atomic E-state index is -0.612. The van der Waals surface area contributed by atoms with E-state index in [0.717, 1.165) is 120 Å². The Bertz CT molecular complexity index is 3250. The zero-order valence-electron chi connectivity index (χ0n) is 44.9. The molecule has 11 nitrogen and oxygen atoms in total. The molecule has 0 spiro atoms. The number of aromatic hydroxyl groups is 3. The number of aliphatic hydroxyl groups is 1. The average Bonchev–Trinajstić information content (AvgIpc) is 4.05.